The van der Waals surface area contributed by atoms with Gasteiger partial charge in [-0.15, -0.1) is 11.6 Å². The molecule has 0 aliphatic carbocycles. The van der Waals surface area contributed by atoms with Crippen molar-refractivity contribution < 1.29 is 4.79 Å². The standard InChI is InChI=1S/C23H27ClN2OSi/c1-15-13-19-18-7-5-6-8-20(18)25-22(19)23(26(15)21(27)14-24)16-9-11-17(12-10-16)28(2,3)4/h5-12,15,23,25H,13-14H2,1-4H3/t15-,23-/m0/s1. The van der Waals surface area contributed by atoms with Crippen LogP contribution in [-0.2, 0) is 11.2 Å². The van der Waals surface area contributed by atoms with Crippen molar-refractivity contribution in [3.63, 3.8) is 0 Å². The molecule has 3 nitrogen and oxygen atoms in total. The van der Waals surface area contributed by atoms with E-state index in [1.54, 1.807) is 0 Å². The maximum atomic E-state index is 12.8. The number of rotatable bonds is 3. The summed E-state index contributed by atoms with van der Waals surface area (Å²) in [5.41, 5.74) is 4.71. The normalized spacial score (nSPS) is 19.7. The van der Waals surface area contributed by atoms with E-state index in [9.17, 15) is 4.79 Å². The zero-order valence-corrected chi connectivity index (χ0v) is 18.7. The van der Waals surface area contributed by atoms with Crippen molar-refractivity contribution in [3.8, 4) is 0 Å². The van der Waals surface area contributed by atoms with E-state index in [4.69, 9.17) is 11.6 Å². The molecular formula is C23H27ClN2OSi. The number of hydrogen-bond donors (Lipinski definition) is 1. The lowest BCUT2D eigenvalue weighted by atomic mass is 9.88. The summed E-state index contributed by atoms with van der Waals surface area (Å²) in [5.74, 6) is -0.0126. The maximum Gasteiger partial charge on any atom is 0.238 e. The predicted molar refractivity (Wildman–Crippen MR) is 120 cm³/mol. The van der Waals surface area contributed by atoms with E-state index in [2.05, 4.69) is 74.0 Å². The van der Waals surface area contributed by atoms with E-state index < -0.39 is 8.07 Å². The second kappa shape index (κ2) is 7.09. The average molecular weight is 411 g/mol. The Morgan fingerprint density at radius 1 is 1.14 bits per heavy atom. The van der Waals surface area contributed by atoms with Crippen molar-refractivity contribution in [1.29, 1.82) is 0 Å². The Morgan fingerprint density at radius 3 is 2.46 bits per heavy atom. The molecule has 1 aromatic heterocycles. The number of nitrogens with one attached hydrogen (secondary N) is 1. The monoisotopic (exact) mass is 410 g/mol. The molecule has 1 aliphatic rings. The lowest BCUT2D eigenvalue weighted by Crippen LogP contribution is -2.47. The van der Waals surface area contributed by atoms with Gasteiger partial charge in [-0.1, -0.05) is 67.3 Å². The third-order valence-electron chi connectivity index (χ3n) is 5.87. The smallest absolute Gasteiger partial charge is 0.238 e. The van der Waals surface area contributed by atoms with Gasteiger partial charge in [-0.05, 0) is 30.5 Å². The highest BCUT2D eigenvalue weighted by molar-refractivity contribution is 6.88. The molecule has 0 unspecified atom stereocenters. The van der Waals surface area contributed by atoms with Crippen LogP contribution in [0, 0.1) is 0 Å². The number of alkyl halides is 1. The molecule has 5 heteroatoms. The predicted octanol–water partition coefficient (Wildman–Crippen LogP) is 4.81. The van der Waals surface area contributed by atoms with Crippen LogP contribution in [-0.4, -0.2) is 35.8 Å². The number of carbonyl (C=O) groups is 1. The molecule has 3 aromatic rings. The Balaban J connectivity index is 1.89. The van der Waals surface area contributed by atoms with Gasteiger partial charge in [0.2, 0.25) is 5.91 Å². The van der Waals surface area contributed by atoms with E-state index in [1.165, 1.54) is 16.1 Å². The fraction of sp³-hybridized carbons (Fsp3) is 0.348. The zero-order chi connectivity index (χ0) is 20.1. The number of nitrogens with zero attached hydrogens (tertiary/aromatic N) is 1. The van der Waals surface area contributed by atoms with Gasteiger partial charge in [-0.25, -0.2) is 0 Å². The Hall–Kier alpha value is -2.04. The first-order valence-electron chi connectivity index (χ1n) is 9.88. The molecule has 0 spiro atoms. The minimum atomic E-state index is -1.37. The van der Waals surface area contributed by atoms with Crippen molar-refractivity contribution in [2.45, 2.75) is 45.1 Å². The van der Waals surface area contributed by atoms with Gasteiger partial charge < -0.3 is 9.88 Å². The zero-order valence-electron chi connectivity index (χ0n) is 16.9. The molecule has 0 fully saturated rings. The second-order valence-corrected chi connectivity index (χ2v) is 14.2. The van der Waals surface area contributed by atoms with Crippen LogP contribution in [0.15, 0.2) is 48.5 Å². The largest absolute Gasteiger partial charge is 0.356 e. The van der Waals surface area contributed by atoms with Gasteiger partial charge in [0, 0.05) is 22.6 Å². The first-order chi connectivity index (χ1) is 13.3. The van der Waals surface area contributed by atoms with Crippen LogP contribution >= 0.6 is 11.6 Å². The van der Waals surface area contributed by atoms with Gasteiger partial charge in [-0.3, -0.25) is 4.79 Å². The van der Waals surface area contributed by atoms with Gasteiger partial charge in [0.05, 0.1) is 14.1 Å². The molecule has 0 saturated carbocycles. The molecule has 1 aliphatic heterocycles. The first-order valence-corrected chi connectivity index (χ1v) is 13.9. The SMILES string of the molecule is C[C@H]1Cc2c([nH]c3ccccc23)[C@H](c2ccc([Si](C)(C)C)cc2)N1C(=O)CCl. The highest BCUT2D eigenvalue weighted by Gasteiger charge is 2.38. The number of para-hydroxylation sites is 1. The van der Waals surface area contributed by atoms with E-state index in [0.717, 1.165) is 23.2 Å². The molecule has 2 atom stereocenters. The summed E-state index contributed by atoms with van der Waals surface area (Å²) in [4.78, 5) is 18.4. The third kappa shape index (κ3) is 3.19. The Labute approximate surface area is 172 Å². The summed E-state index contributed by atoms with van der Waals surface area (Å²) in [7, 11) is -1.37. The molecule has 4 rings (SSSR count). The molecule has 2 aromatic carbocycles. The average Bonchev–Trinajstić information content (AvgIpc) is 3.04. The van der Waals surface area contributed by atoms with Crippen molar-refractivity contribution in [1.82, 2.24) is 9.88 Å². The van der Waals surface area contributed by atoms with E-state index in [1.807, 2.05) is 11.0 Å². The molecule has 0 saturated heterocycles. The summed E-state index contributed by atoms with van der Waals surface area (Å²) in [5, 5.41) is 2.68. The van der Waals surface area contributed by atoms with Crippen LogP contribution in [0.1, 0.15) is 29.8 Å². The summed E-state index contributed by atoms with van der Waals surface area (Å²) in [6.07, 6.45) is 0.839. The molecule has 146 valence electrons. The number of amides is 1. The van der Waals surface area contributed by atoms with Crippen molar-refractivity contribution in [3.05, 3.63) is 65.4 Å². The number of fused-ring (bicyclic) bond motifs is 3. The molecule has 1 amide bonds. The topological polar surface area (TPSA) is 36.1 Å². The fourth-order valence-corrected chi connectivity index (χ4v) is 5.72. The quantitative estimate of drug-likeness (QED) is 0.488. The van der Waals surface area contributed by atoms with Gasteiger partial charge >= 0.3 is 0 Å². The van der Waals surface area contributed by atoms with Crippen LogP contribution in [0.4, 0.5) is 0 Å². The van der Waals surface area contributed by atoms with E-state index in [0.29, 0.717) is 0 Å². The van der Waals surface area contributed by atoms with Crippen molar-refractivity contribution in [2.24, 2.45) is 0 Å². The second-order valence-electron chi connectivity index (χ2n) is 8.83. The molecule has 28 heavy (non-hydrogen) atoms. The maximum absolute atomic E-state index is 12.8. The first kappa shape index (κ1) is 19.3. The molecular weight excluding hydrogens is 384 g/mol. The fourth-order valence-electron chi connectivity index (χ4n) is 4.41. The van der Waals surface area contributed by atoms with Gasteiger partial charge in [0.25, 0.3) is 0 Å². The van der Waals surface area contributed by atoms with Crippen LogP contribution in [0.2, 0.25) is 19.6 Å². The van der Waals surface area contributed by atoms with Crippen LogP contribution < -0.4 is 5.19 Å². The molecule has 0 bridgehead atoms. The summed E-state index contributed by atoms with van der Waals surface area (Å²) < 4.78 is 0. The third-order valence-corrected chi connectivity index (χ3v) is 8.16. The lowest BCUT2D eigenvalue weighted by Gasteiger charge is -2.41. The van der Waals surface area contributed by atoms with E-state index in [-0.39, 0.29) is 23.9 Å². The van der Waals surface area contributed by atoms with Crippen molar-refractivity contribution in [2.75, 3.05) is 5.88 Å². The van der Waals surface area contributed by atoms with Gasteiger partial charge in [0.1, 0.15) is 5.88 Å². The van der Waals surface area contributed by atoms with Crippen LogP contribution in [0.5, 0.6) is 0 Å². The molecule has 2 heterocycles. The number of hydrogen-bond acceptors (Lipinski definition) is 1. The molecule has 1 N–H and O–H groups in total. The van der Waals surface area contributed by atoms with Gasteiger partial charge in [-0.2, -0.15) is 0 Å². The number of aromatic amines is 1. The highest BCUT2D eigenvalue weighted by atomic mass is 35.5. The number of carbonyl (C=O) groups excluding carboxylic acids is 1. The number of H-pyrrole nitrogens is 1. The summed E-state index contributed by atoms with van der Waals surface area (Å²) >= 11 is 6.00. The van der Waals surface area contributed by atoms with Crippen LogP contribution in [0.3, 0.4) is 0 Å². The lowest BCUT2D eigenvalue weighted by molar-refractivity contribution is -0.133. The minimum Gasteiger partial charge on any atom is -0.356 e. The van der Waals surface area contributed by atoms with E-state index >= 15 is 0 Å². The summed E-state index contributed by atoms with van der Waals surface area (Å²) in [6, 6.07) is 17.2. The number of halogens is 1. The number of aromatic nitrogens is 1. The van der Waals surface area contributed by atoms with Crippen LogP contribution in [0.25, 0.3) is 10.9 Å². The molecule has 0 radical (unpaired) electrons. The number of benzene rings is 2. The Morgan fingerprint density at radius 2 is 1.82 bits per heavy atom. The highest BCUT2D eigenvalue weighted by Crippen LogP contribution is 2.40. The van der Waals surface area contributed by atoms with Gasteiger partial charge in [0.15, 0.2) is 0 Å². The Bertz CT molecular complexity index is 1020. The Kier molecular flexibility index (Phi) is 4.88. The minimum absolute atomic E-state index is 0.00336. The van der Waals surface area contributed by atoms with Crippen molar-refractivity contribution >= 4 is 41.7 Å². The summed E-state index contributed by atoms with van der Waals surface area (Å²) in [6.45, 7) is 9.18.